The zero-order valence-corrected chi connectivity index (χ0v) is 13.2. The lowest BCUT2D eigenvalue weighted by Crippen LogP contribution is -2.56. The molecular formula is C13H6F10O6. The van der Waals surface area contributed by atoms with Gasteiger partial charge in [0.1, 0.15) is 0 Å². The first-order valence-corrected chi connectivity index (χ1v) is 6.68. The number of aromatic carboxylic acids is 1. The Morgan fingerprint density at radius 3 is 1.72 bits per heavy atom. The Labute approximate surface area is 152 Å². The van der Waals surface area contributed by atoms with E-state index in [0.29, 0.717) is 12.1 Å². The second-order valence-corrected chi connectivity index (χ2v) is 4.92. The van der Waals surface area contributed by atoms with Gasteiger partial charge in [0.25, 0.3) is 6.36 Å². The molecule has 0 aliphatic rings. The number of benzene rings is 1. The largest absolute Gasteiger partial charge is 0.478 e. The van der Waals surface area contributed by atoms with Gasteiger partial charge in [0.15, 0.2) is 0 Å². The Kier molecular flexibility index (Phi) is 6.75. The first-order valence-electron chi connectivity index (χ1n) is 6.68. The highest BCUT2D eigenvalue weighted by atomic mass is 19.4. The van der Waals surface area contributed by atoms with Crippen molar-refractivity contribution in [2.24, 2.45) is 0 Å². The summed E-state index contributed by atoms with van der Waals surface area (Å²) in [5.41, 5.74) is -1.03. The fourth-order valence-electron chi connectivity index (χ4n) is 1.37. The van der Waals surface area contributed by atoms with Crippen molar-refractivity contribution in [3.8, 4) is 0 Å². The lowest BCUT2D eigenvalue weighted by Gasteiger charge is -2.29. The van der Waals surface area contributed by atoms with Crippen LogP contribution >= 0.6 is 0 Å². The summed E-state index contributed by atoms with van der Waals surface area (Å²) in [7, 11) is 0. The summed E-state index contributed by atoms with van der Waals surface area (Å²) in [5.74, 6) is -10.4. The summed E-state index contributed by atoms with van der Waals surface area (Å²) in [4.78, 5) is 28.2. The van der Waals surface area contributed by atoms with Crippen molar-refractivity contribution in [1.29, 1.82) is 0 Å². The Morgan fingerprint density at radius 2 is 1.31 bits per heavy atom. The molecule has 0 aromatic heterocycles. The summed E-state index contributed by atoms with van der Waals surface area (Å²) < 4.78 is 128. The van der Waals surface area contributed by atoms with E-state index in [9.17, 15) is 53.5 Å². The van der Waals surface area contributed by atoms with Gasteiger partial charge in [0.05, 0.1) is 11.1 Å². The van der Waals surface area contributed by atoms with Crippen LogP contribution in [0.1, 0.15) is 20.7 Å². The fourth-order valence-corrected chi connectivity index (χ4v) is 1.37. The third kappa shape index (κ3) is 5.47. The van der Waals surface area contributed by atoms with Crippen molar-refractivity contribution in [2.45, 2.75) is 30.7 Å². The van der Waals surface area contributed by atoms with Crippen LogP contribution in [-0.2, 0) is 14.5 Å². The standard InChI is InChI=1S/C13H6F10O6/c14-9(27-13(22,23)11(17,18)12(19,20)21)10(15,16)29-28-8(26)6-3-1-5(2-4-6)7(24)25/h1-4,9H,(H,24,25). The Morgan fingerprint density at radius 1 is 0.862 bits per heavy atom. The summed E-state index contributed by atoms with van der Waals surface area (Å²) in [5, 5.41) is 8.61. The molecule has 0 bridgehead atoms. The molecule has 1 aromatic carbocycles. The van der Waals surface area contributed by atoms with Crippen LogP contribution in [0, 0.1) is 0 Å². The third-order valence-corrected chi connectivity index (χ3v) is 2.83. The average molecular weight is 448 g/mol. The van der Waals surface area contributed by atoms with Gasteiger partial charge in [-0.2, -0.15) is 39.5 Å². The van der Waals surface area contributed by atoms with Crippen LogP contribution in [-0.4, -0.2) is 47.7 Å². The first kappa shape index (κ1) is 24.4. The number of halogens is 10. The second-order valence-electron chi connectivity index (χ2n) is 4.92. The number of hydrogen-bond donors (Lipinski definition) is 1. The van der Waals surface area contributed by atoms with Gasteiger partial charge in [-0.3, -0.25) is 9.62 Å². The summed E-state index contributed by atoms with van der Waals surface area (Å²) in [6.45, 7) is 0. The number of carboxylic acid groups (broad SMARTS) is 1. The molecular weight excluding hydrogens is 442 g/mol. The SMILES string of the molecule is O=C(O)c1ccc(C(=O)OOC(F)(F)C(F)OC(F)(F)C(F)(F)C(F)(F)F)cc1. The van der Waals surface area contributed by atoms with Crippen molar-refractivity contribution >= 4 is 11.9 Å². The fraction of sp³-hybridized carbons (Fsp3) is 0.385. The highest BCUT2D eigenvalue weighted by Crippen LogP contribution is 2.48. The number of alkyl halides is 10. The van der Waals surface area contributed by atoms with Crippen LogP contribution in [0.2, 0.25) is 0 Å². The molecule has 0 heterocycles. The number of carboxylic acids is 1. The number of ether oxygens (including phenoxy) is 1. The van der Waals surface area contributed by atoms with E-state index >= 15 is 0 Å². The van der Waals surface area contributed by atoms with Gasteiger partial charge in [0.2, 0.25) is 0 Å². The van der Waals surface area contributed by atoms with Gasteiger partial charge in [-0.05, 0) is 24.3 Å². The predicted octanol–water partition coefficient (Wildman–Crippen LogP) is 4.17. The van der Waals surface area contributed by atoms with Gasteiger partial charge >= 0.3 is 36.3 Å². The van der Waals surface area contributed by atoms with Crippen molar-refractivity contribution in [3.63, 3.8) is 0 Å². The van der Waals surface area contributed by atoms with Crippen LogP contribution in [0.5, 0.6) is 0 Å². The van der Waals surface area contributed by atoms with Crippen molar-refractivity contribution in [3.05, 3.63) is 35.4 Å². The van der Waals surface area contributed by atoms with E-state index in [1.165, 1.54) is 0 Å². The normalized spacial score (nSPS) is 14.4. The Hall–Kier alpha value is -2.62. The van der Waals surface area contributed by atoms with Crippen LogP contribution in [0.4, 0.5) is 43.9 Å². The van der Waals surface area contributed by atoms with Crippen LogP contribution < -0.4 is 0 Å². The number of carbonyl (C=O) groups excluding carboxylic acids is 1. The molecule has 16 heteroatoms. The number of carbonyl (C=O) groups is 2. The van der Waals surface area contributed by atoms with Crippen molar-refractivity contribution in [1.82, 2.24) is 0 Å². The minimum absolute atomic E-state index is 0.363. The molecule has 29 heavy (non-hydrogen) atoms. The highest BCUT2D eigenvalue weighted by Gasteiger charge is 2.76. The van der Waals surface area contributed by atoms with Crippen LogP contribution in [0.3, 0.4) is 0 Å². The van der Waals surface area contributed by atoms with E-state index in [0.717, 1.165) is 12.1 Å². The molecule has 1 aromatic rings. The average Bonchev–Trinajstić information content (AvgIpc) is 2.58. The van der Waals surface area contributed by atoms with E-state index in [2.05, 4.69) is 14.5 Å². The highest BCUT2D eigenvalue weighted by molar-refractivity contribution is 5.92. The number of hydrogen-bond acceptors (Lipinski definition) is 5. The molecule has 0 aliphatic carbocycles. The smallest absolute Gasteiger partial charge is 0.462 e. The maximum atomic E-state index is 13.1. The predicted molar refractivity (Wildman–Crippen MR) is 66.8 cm³/mol. The molecule has 1 atom stereocenters. The molecule has 0 fully saturated rings. The summed E-state index contributed by atoms with van der Waals surface area (Å²) in [6.07, 6.45) is -24.5. The topological polar surface area (TPSA) is 82.1 Å². The third-order valence-electron chi connectivity index (χ3n) is 2.83. The van der Waals surface area contributed by atoms with E-state index in [4.69, 9.17) is 5.11 Å². The summed E-state index contributed by atoms with van der Waals surface area (Å²) in [6, 6.07) is 2.99. The Bertz CT molecular complexity index is 745. The molecule has 0 saturated carbocycles. The van der Waals surface area contributed by atoms with Gasteiger partial charge in [-0.25, -0.2) is 14.0 Å². The first-order chi connectivity index (χ1) is 12.9. The molecule has 1 rings (SSSR count). The second kappa shape index (κ2) is 8.02. The molecule has 0 radical (unpaired) electrons. The maximum absolute atomic E-state index is 13.1. The van der Waals surface area contributed by atoms with E-state index in [1.54, 1.807) is 0 Å². The minimum Gasteiger partial charge on any atom is -0.478 e. The molecule has 1 N–H and O–H groups in total. The van der Waals surface area contributed by atoms with Gasteiger partial charge in [0, 0.05) is 0 Å². The molecule has 0 aliphatic heterocycles. The molecule has 0 spiro atoms. The van der Waals surface area contributed by atoms with E-state index in [1.807, 2.05) is 0 Å². The monoisotopic (exact) mass is 448 g/mol. The minimum atomic E-state index is -7.05. The summed E-state index contributed by atoms with van der Waals surface area (Å²) >= 11 is 0. The zero-order valence-electron chi connectivity index (χ0n) is 13.2. The molecule has 0 saturated heterocycles. The molecule has 6 nitrogen and oxygen atoms in total. The zero-order chi connectivity index (χ0) is 22.8. The van der Waals surface area contributed by atoms with Gasteiger partial charge in [-0.15, -0.1) is 4.89 Å². The van der Waals surface area contributed by atoms with Crippen molar-refractivity contribution in [2.75, 3.05) is 0 Å². The lowest BCUT2D eigenvalue weighted by atomic mass is 10.1. The molecule has 164 valence electrons. The Balaban J connectivity index is 2.81. The molecule has 1 unspecified atom stereocenters. The van der Waals surface area contributed by atoms with E-state index < -0.39 is 48.2 Å². The van der Waals surface area contributed by atoms with Crippen LogP contribution in [0.25, 0.3) is 0 Å². The van der Waals surface area contributed by atoms with Gasteiger partial charge < -0.3 is 5.11 Å². The van der Waals surface area contributed by atoms with Gasteiger partial charge in [-0.1, -0.05) is 0 Å². The maximum Gasteiger partial charge on any atom is 0.462 e. The lowest BCUT2D eigenvalue weighted by molar-refractivity contribution is -0.496. The quantitative estimate of drug-likeness (QED) is 0.365. The van der Waals surface area contributed by atoms with E-state index in [-0.39, 0.29) is 5.56 Å². The van der Waals surface area contributed by atoms with Crippen LogP contribution in [0.15, 0.2) is 24.3 Å². The number of rotatable bonds is 8. The van der Waals surface area contributed by atoms with Crippen molar-refractivity contribution < 1.29 is 73.1 Å². The molecule has 0 amide bonds.